The second-order valence-corrected chi connectivity index (χ2v) is 6.83. The lowest BCUT2D eigenvalue weighted by Gasteiger charge is -2.10. The third-order valence-corrected chi connectivity index (χ3v) is 4.67. The maximum atomic E-state index is 12.5. The summed E-state index contributed by atoms with van der Waals surface area (Å²) in [5.74, 6) is -0.270. The van der Waals surface area contributed by atoms with Gasteiger partial charge in [0.25, 0.3) is 0 Å². The lowest BCUT2D eigenvalue weighted by Crippen LogP contribution is -2.10. The number of esters is 2. The normalized spacial score (nSPS) is 10.6. The number of methoxy groups -OCH3 is 2. The van der Waals surface area contributed by atoms with Gasteiger partial charge in [0, 0.05) is 9.86 Å². The first-order valence-corrected chi connectivity index (χ1v) is 9.55. The molecule has 1 heterocycles. The molecule has 8 heteroatoms. The number of benzene rings is 2. The standard InChI is InChI=1S/C21H19BrO7/c1-4-27-21(24)19-15(14-10-13(22)6-8-16(14)29-19)11-28-20(23)12-5-7-17(25-2)18(9-12)26-3/h5-10H,4,11H2,1-3H3. The maximum Gasteiger partial charge on any atom is 0.374 e. The summed E-state index contributed by atoms with van der Waals surface area (Å²) in [5.41, 5.74) is 1.22. The zero-order valence-corrected chi connectivity index (χ0v) is 17.7. The number of hydrogen-bond acceptors (Lipinski definition) is 7. The first-order valence-electron chi connectivity index (χ1n) is 8.75. The number of fused-ring (bicyclic) bond motifs is 1. The van der Waals surface area contributed by atoms with E-state index in [4.69, 9.17) is 23.4 Å². The van der Waals surface area contributed by atoms with Gasteiger partial charge in [-0.1, -0.05) is 15.9 Å². The Kier molecular flexibility index (Phi) is 6.43. The minimum atomic E-state index is -0.614. The average Bonchev–Trinajstić information content (AvgIpc) is 3.09. The maximum absolute atomic E-state index is 12.5. The Balaban J connectivity index is 1.89. The molecule has 0 fully saturated rings. The number of carbonyl (C=O) groups excluding carboxylic acids is 2. The van der Waals surface area contributed by atoms with Crippen LogP contribution in [0.2, 0.25) is 0 Å². The van der Waals surface area contributed by atoms with Crippen LogP contribution in [0.3, 0.4) is 0 Å². The highest BCUT2D eigenvalue weighted by molar-refractivity contribution is 9.10. The van der Waals surface area contributed by atoms with Crippen LogP contribution in [0.1, 0.15) is 33.4 Å². The van der Waals surface area contributed by atoms with Crippen molar-refractivity contribution in [3.8, 4) is 11.5 Å². The molecule has 0 aliphatic rings. The predicted octanol–water partition coefficient (Wildman–Crippen LogP) is 4.75. The van der Waals surface area contributed by atoms with E-state index in [0.29, 0.717) is 28.0 Å². The Bertz CT molecular complexity index is 1050. The molecule has 1 aromatic heterocycles. The Morgan fingerprint density at radius 2 is 1.72 bits per heavy atom. The van der Waals surface area contributed by atoms with Crippen LogP contribution in [0.25, 0.3) is 11.0 Å². The Morgan fingerprint density at radius 3 is 2.41 bits per heavy atom. The predicted molar refractivity (Wildman–Crippen MR) is 109 cm³/mol. The number of furan rings is 1. The quantitative estimate of drug-likeness (QED) is 0.468. The number of ether oxygens (including phenoxy) is 4. The minimum Gasteiger partial charge on any atom is -0.493 e. The molecule has 0 aliphatic carbocycles. The van der Waals surface area contributed by atoms with Gasteiger partial charge in [-0.15, -0.1) is 0 Å². The number of rotatable bonds is 7. The zero-order valence-electron chi connectivity index (χ0n) is 16.1. The van der Waals surface area contributed by atoms with Gasteiger partial charge in [0.2, 0.25) is 5.76 Å². The van der Waals surface area contributed by atoms with Crippen molar-refractivity contribution in [2.75, 3.05) is 20.8 Å². The van der Waals surface area contributed by atoms with Crippen LogP contribution >= 0.6 is 15.9 Å². The SMILES string of the molecule is CCOC(=O)c1oc2ccc(Br)cc2c1COC(=O)c1ccc(OC)c(OC)c1. The summed E-state index contributed by atoms with van der Waals surface area (Å²) in [6.07, 6.45) is 0. The number of hydrogen-bond donors (Lipinski definition) is 0. The third kappa shape index (κ3) is 4.37. The summed E-state index contributed by atoms with van der Waals surface area (Å²) in [6.45, 7) is 1.74. The van der Waals surface area contributed by atoms with Gasteiger partial charge >= 0.3 is 11.9 Å². The van der Waals surface area contributed by atoms with Crippen LogP contribution < -0.4 is 9.47 Å². The van der Waals surface area contributed by atoms with E-state index in [-0.39, 0.29) is 24.5 Å². The first-order chi connectivity index (χ1) is 14.0. The molecule has 3 rings (SSSR count). The second-order valence-electron chi connectivity index (χ2n) is 5.92. The largest absolute Gasteiger partial charge is 0.493 e. The topological polar surface area (TPSA) is 84.2 Å². The fraction of sp³-hybridized carbons (Fsp3) is 0.238. The molecule has 0 N–H and O–H groups in total. The monoisotopic (exact) mass is 462 g/mol. The molecule has 29 heavy (non-hydrogen) atoms. The number of halogens is 1. The van der Waals surface area contributed by atoms with E-state index in [1.54, 1.807) is 37.3 Å². The van der Waals surface area contributed by atoms with E-state index >= 15 is 0 Å². The molecule has 0 radical (unpaired) electrons. The molecule has 0 saturated carbocycles. The van der Waals surface area contributed by atoms with Crippen molar-refractivity contribution < 1.29 is 33.0 Å². The summed E-state index contributed by atoms with van der Waals surface area (Å²) < 4.78 is 27.3. The van der Waals surface area contributed by atoms with E-state index in [1.165, 1.54) is 20.3 Å². The van der Waals surface area contributed by atoms with Crippen LogP contribution in [-0.4, -0.2) is 32.8 Å². The van der Waals surface area contributed by atoms with E-state index in [2.05, 4.69) is 15.9 Å². The van der Waals surface area contributed by atoms with Crippen LogP contribution in [0.5, 0.6) is 11.5 Å². The molecular formula is C21H19BrO7. The molecule has 2 aromatic carbocycles. The molecule has 152 valence electrons. The second kappa shape index (κ2) is 9.00. The summed E-state index contributed by atoms with van der Waals surface area (Å²) >= 11 is 3.40. The van der Waals surface area contributed by atoms with Crippen molar-refractivity contribution in [3.63, 3.8) is 0 Å². The zero-order chi connectivity index (χ0) is 21.0. The highest BCUT2D eigenvalue weighted by atomic mass is 79.9. The fourth-order valence-corrected chi connectivity index (χ4v) is 3.17. The molecule has 0 unspecified atom stereocenters. The van der Waals surface area contributed by atoms with Gasteiger partial charge in [0.05, 0.1) is 32.0 Å². The van der Waals surface area contributed by atoms with E-state index in [9.17, 15) is 9.59 Å². The van der Waals surface area contributed by atoms with Crippen LogP contribution in [0.15, 0.2) is 45.3 Å². The molecule has 0 atom stereocenters. The molecular weight excluding hydrogens is 444 g/mol. The van der Waals surface area contributed by atoms with E-state index < -0.39 is 11.9 Å². The van der Waals surface area contributed by atoms with Gasteiger partial charge in [-0.2, -0.15) is 0 Å². The summed E-state index contributed by atoms with van der Waals surface area (Å²) in [6, 6.07) is 10.0. The Labute approximate surface area is 175 Å². The van der Waals surface area contributed by atoms with Crippen LogP contribution in [0.4, 0.5) is 0 Å². The van der Waals surface area contributed by atoms with Gasteiger partial charge in [-0.3, -0.25) is 0 Å². The van der Waals surface area contributed by atoms with Crippen LogP contribution in [0, 0.1) is 0 Å². The summed E-state index contributed by atoms with van der Waals surface area (Å²) in [5, 5.41) is 0.655. The smallest absolute Gasteiger partial charge is 0.374 e. The number of carbonyl (C=O) groups is 2. The van der Waals surface area contributed by atoms with Crippen molar-refractivity contribution in [3.05, 3.63) is 57.8 Å². The van der Waals surface area contributed by atoms with Gasteiger partial charge in [0.15, 0.2) is 11.5 Å². The minimum absolute atomic E-state index is 0.0139. The third-order valence-electron chi connectivity index (χ3n) is 4.18. The highest BCUT2D eigenvalue weighted by Crippen LogP contribution is 2.31. The molecule has 0 amide bonds. The van der Waals surface area contributed by atoms with Crippen molar-refractivity contribution >= 4 is 38.8 Å². The van der Waals surface area contributed by atoms with Gasteiger partial charge in [-0.25, -0.2) is 9.59 Å². The summed E-state index contributed by atoms with van der Waals surface area (Å²) in [4.78, 5) is 24.8. The van der Waals surface area contributed by atoms with Gasteiger partial charge < -0.3 is 23.4 Å². The molecule has 0 bridgehead atoms. The fourth-order valence-electron chi connectivity index (χ4n) is 2.81. The molecule has 0 saturated heterocycles. The molecule has 7 nitrogen and oxygen atoms in total. The van der Waals surface area contributed by atoms with E-state index in [0.717, 1.165) is 4.47 Å². The van der Waals surface area contributed by atoms with Gasteiger partial charge in [-0.05, 0) is 43.3 Å². The van der Waals surface area contributed by atoms with E-state index in [1.807, 2.05) is 0 Å². The summed E-state index contributed by atoms with van der Waals surface area (Å²) in [7, 11) is 2.99. The van der Waals surface area contributed by atoms with Crippen molar-refractivity contribution in [1.29, 1.82) is 0 Å². The molecule has 0 spiro atoms. The van der Waals surface area contributed by atoms with Crippen molar-refractivity contribution in [2.24, 2.45) is 0 Å². The van der Waals surface area contributed by atoms with Crippen LogP contribution in [-0.2, 0) is 16.1 Å². The molecule has 3 aromatic rings. The lowest BCUT2D eigenvalue weighted by atomic mass is 10.1. The first kappa shape index (κ1) is 20.7. The lowest BCUT2D eigenvalue weighted by molar-refractivity contribution is 0.0435. The molecule has 0 aliphatic heterocycles. The average molecular weight is 463 g/mol. The Morgan fingerprint density at radius 1 is 0.966 bits per heavy atom. The Hall–Kier alpha value is -3.00. The highest BCUT2D eigenvalue weighted by Gasteiger charge is 2.23. The van der Waals surface area contributed by atoms with Gasteiger partial charge in [0.1, 0.15) is 12.2 Å². The van der Waals surface area contributed by atoms with Crippen molar-refractivity contribution in [2.45, 2.75) is 13.5 Å². The van der Waals surface area contributed by atoms with Crippen molar-refractivity contribution in [1.82, 2.24) is 0 Å².